The van der Waals surface area contributed by atoms with Crippen LogP contribution in [0, 0.1) is 0 Å². The normalized spacial score (nSPS) is 15.0. The predicted octanol–water partition coefficient (Wildman–Crippen LogP) is 4.16. The molecule has 4 aromatic rings. The summed E-state index contributed by atoms with van der Waals surface area (Å²) < 4.78 is 6.60. The summed E-state index contributed by atoms with van der Waals surface area (Å²) in [5, 5.41) is 11.6. The molecule has 0 aromatic carbocycles. The van der Waals surface area contributed by atoms with E-state index in [4.69, 9.17) is 9.62 Å². The number of carbonyl (C=O) groups is 1. The first kappa shape index (κ1) is 22.0. The van der Waals surface area contributed by atoms with Crippen LogP contribution in [0.4, 0.5) is 5.82 Å². The van der Waals surface area contributed by atoms with Crippen molar-refractivity contribution in [3.8, 4) is 17.1 Å². The summed E-state index contributed by atoms with van der Waals surface area (Å²) in [5.74, 6) is 1.24. The van der Waals surface area contributed by atoms with Gasteiger partial charge in [-0.25, -0.2) is 9.97 Å². The Morgan fingerprint density at radius 3 is 2.71 bits per heavy atom. The lowest BCUT2D eigenvalue weighted by molar-refractivity contribution is 0.102. The van der Waals surface area contributed by atoms with E-state index < -0.39 is 0 Å². The molecule has 0 aliphatic carbocycles. The van der Waals surface area contributed by atoms with Gasteiger partial charge in [0, 0.05) is 24.2 Å². The molecule has 1 saturated heterocycles. The van der Waals surface area contributed by atoms with Gasteiger partial charge >= 0.3 is 0 Å². The minimum Gasteiger partial charge on any atom is -0.364 e. The van der Waals surface area contributed by atoms with E-state index >= 15 is 0 Å². The lowest BCUT2D eigenvalue weighted by atomic mass is 9.93. The van der Waals surface area contributed by atoms with Crippen LogP contribution in [0.5, 0.6) is 0 Å². The van der Waals surface area contributed by atoms with E-state index in [1.165, 1.54) is 6.26 Å². The Balaban J connectivity index is 1.41. The van der Waals surface area contributed by atoms with Crippen molar-refractivity contribution in [1.82, 2.24) is 29.8 Å². The second-order valence-electron chi connectivity index (χ2n) is 8.73. The Hall–Kier alpha value is -3.85. The number of aromatic nitrogens is 5. The summed E-state index contributed by atoms with van der Waals surface area (Å²) in [4.78, 5) is 24.5. The summed E-state index contributed by atoms with van der Waals surface area (Å²) >= 11 is 0. The van der Waals surface area contributed by atoms with Gasteiger partial charge in [-0.05, 0) is 64.0 Å². The number of hydrogen-bond donors (Lipinski definition) is 1. The number of nitrogens with zero attached hydrogens (tertiary/aromatic N) is 6. The van der Waals surface area contributed by atoms with Crippen molar-refractivity contribution in [2.24, 2.45) is 0 Å². The molecule has 1 aliphatic rings. The van der Waals surface area contributed by atoms with E-state index in [0.717, 1.165) is 31.6 Å². The Labute approximate surface area is 197 Å². The molecule has 5 heterocycles. The van der Waals surface area contributed by atoms with E-state index in [-0.39, 0.29) is 5.91 Å². The van der Waals surface area contributed by atoms with Crippen molar-refractivity contribution in [3.63, 3.8) is 0 Å². The molecule has 34 heavy (non-hydrogen) atoms. The standard InChI is InChI=1S/C25H27N7O2/c1-17(2)31-12-9-18(10-13-31)22-14-24(32(30-22)23-8-3-4-11-26-23)29-25(33)21-7-5-6-20(28-21)19-15-27-34-16-19/h3-8,11,14-18H,9-10,12-13H2,1-2H3,(H,29,33). The fraction of sp³-hybridized carbons (Fsp3) is 0.320. The number of rotatable bonds is 6. The van der Waals surface area contributed by atoms with Crippen molar-refractivity contribution in [1.29, 1.82) is 0 Å². The van der Waals surface area contributed by atoms with Crippen LogP contribution < -0.4 is 5.32 Å². The number of likely N-dealkylation sites (tertiary alicyclic amines) is 1. The molecule has 174 valence electrons. The molecule has 4 aromatic heterocycles. The van der Waals surface area contributed by atoms with Crippen LogP contribution in [0.15, 0.2) is 65.6 Å². The summed E-state index contributed by atoms with van der Waals surface area (Å²) in [6, 6.07) is 13.4. The summed E-state index contributed by atoms with van der Waals surface area (Å²) in [7, 11) is 0. The molecule has 5 rings (SSSR count). The number of piperidine rings is 1. The third-order valence-corrected chi connectivity index (χ3v) is 6.22. The van der Waals surface area contributed by atoms with Crippen LogP contribution in [0.3, 0.4) is 0 Å². The molecule has 1 amide bonds. The van der Waals surface area contributed by atoms with Crippen molar-refractivity contribution in [2.45, 2.75) is 38.6 Å². The zero-order chi connectivity index (χ0) is 23.5. The number of anilines is 1. The maximum Gasteiger partial charge on any atom is 0.275 e. The van der Waals surface area contributed by atoms with Crippen molar-refractivity contribution < 1.29 is 9.32 Å². The number of hydrogen-bond acceptors (Lipinski definition) is 7. The van der Waals surface area contributed by atoms with Crippen LogP contribution in [0.1, 0.15) is 48.8 Å². The average molecular weight is 458 g/mol. The van der Waals surface area contributed by atoms with E-state index in [2.05, 4.69) is 39.2 Å². The van der Waals surface area contributed by atoms with Gasteiger partial charge in [-0.2, -0.15) is 9.78 Å². The Morgan fingerprint density at radius 2 is 2.00 bits per heavy atom. The third kappa shape index (κ3) is 4.60. The first-order valence-corrected chi connectivity index (χ1v) is 11.5. The average Bonchev–Trinajstić information content (AvgIpc) is 3.55. The molecule has 9 heteroatoms. The molecule has 0 atom stereocenters. The van der Waals surface area contributed by atoms with Crippen LogP contribution in [0.2, 0.25) is 0 Å². The molecule has 0 radical (unpaired) electrons. The fourth-order valence-corrected chi connectivity index (χ4v) is 4.29. The molecule has 1 N–H and O–H groups in total. The highest BCUT2D eigenvalue weighted by atomic mass is 16.5. The first-order valence-electron chi connectivity index (χ1n) is 11.5. The maximum atomic E-state index is 13.1. The molecule has 1 fully saturated rings. The summed E-state index contributed by atoms with van der Waals surface area (Å²) in [6.07, 6.45) is 6.85. The van der Waals surface area contributed by atoms with Gasteiger partial charge in [0.2, 0.25) is 0 Å². The van der Waals surface area contributed by atoms with Gasteiger partial charge in [0.25, 0.3) is 5.91 Å². The lowest BCUT2D eigenvalue weighted by Crippen LogP contribution is -2.37. The molecule has 0 unspecified atom stereocenters. The molecular weight excluding hydrogens is 430 g/mol. The van der Waals surface area contributed by atoms with Crippen LogP contribution >= 0.6 is 0 Å². The molecular formula is C25H27N7O2. The maximum absolute atomic E-state index is 13.1. The molecule has 0 bridgehead atoms. The highest BCUT2D eigenvalue weighted by molar-refractivity contribution is 6.02. The van der Waals surface area contributed by atoms with Gasteiger partial charge in [-0.15, -0.1) is 0 Å². The Bertz CT molecular complexity index is 1240. The van der Waals surface area contributed by atoms with Gasteiger partial charge in [0.15, 0.2) is 5.82 Å². The van der Waals surface area contributed by atoms with Gasteiger partial charge < -0.3 is 14.7 Å². The molecule has 0 saturated carbocycles. The van der Waals surface area contributed by atoms with E-state index in [1.807, 2.05) is 30.3 Å². The van der Waals surface area contributed by atoms with Crippen LogP contribution in [0.25, 0.3) is 17.1 Å². The van der Waals surface area contributed by atoms with E-state index in [1.54, 1.807) is 29.2 Å². The van der Waals surface area contributed by atoms with Gasteiger partial charge in [0.05, 0.1) is 23.1 Å². The zero-order valence-corrected chi connectivity index (χ0v) is 19.3. The fourth-order valence-electron chi connectivity index (χ4n) is 4.29. The van der Waals surface area contributed by atoms with Crippen molar-refractivity contribution in [3.05, 3.63) is 72.5 Å². The Kier molecular flexibility index (Phi) is 6.18. The Morgan fingerprint density at radius 1 is 1.15 bits per heavy atom. The second-order valence-corrected chi connectivity index (χ2v) is 8.73. The highest BCUT2D eigenvalue weighted by Crippen LogP contribution is 2.30. The molecule has 9 nitrogen and oxygen atoms in total. The van der Waals surface area contributed by atoms with E-state index in [0.29, 0.717) is 40.5 Å². The van der Waals surface area contributed by atoms with Gasteiger partial charge in [-0.1, -0.05) is 17.3 Å². The smallest absolute Gasteiger partial charge is 0.275 e. The zero-order valence-electron chi connectivity index (χ0n) is 19.3. The third-order valence-electron chi connectivity index (χ3n) is 6.22. The number of nitrogens with one attached hydrogen (secondary N) is 1. The van der Waals surface area contributed by atoms with Crippen LogP contribution in [-0.2, 0) is 0 Å². The van der Waals surface area contributed by atoms with Crippen molar-refractivity contribution >= 4 is 11.7 Å². The first-order chi connectivity index (χ1) is 16.6. The van der Waals surface area contributed by atoms with E-state index in [9.17, 15) is 4.79 Å². The number of carbonyl (C=O) groups excluding carboxylic acids is 1. The number of pyridine rings is 2. The molecule has 0 spiro atoms. The topological polar surface area (TPSA) is 102 Å². The van der Waals surface area contributed by atoms with Gasteiger partial charge in [-0.3, -0.25) is 4.79 Å². The number of amides is 1. The van der Waals surface area contributed by atoms with Crippen molar-refractivity contribution in [2.75, 3.05) is 18.4 Å². The quantitative estimate of drug-likeness (QED) is 0.464. The SMILES string of the molecule is CC(C)N1CCC(c2cc(NC(=O)c3cccc(-c4cnoc4)n3)n(-c3ccccn3)n2)CC1. The summed E-state index contributed by atoms with van der Waals surface area (Å²) in [5.41, 5.74) is 2.59. The summed E-state index contributed by atoms with van der Waals surface area (Å²) in [6.45, 7) is 6.55. The predicted molar refractivity (Wildman–Crippen MR) is 128 cm³/mol. The van der Waals surface area contributed by atoms with Crippen LogP contribution in [-0.4, -0.2) is 54.8 Å². The lowest BCUT2D eigenvalue weighted by Gasteiger charge is -2.33. The highest BCUT2D eigenvalue weighted by Gasteiger charge is 2.26. The minimum absolute atomic E-state index is 0.291. The monoisotopic (exact) mass is 457 g/mol. The van der Waals surface area contributed by atoms with Gasteiger partial charge in [0.1, 0.15) is 17.8 Å². The molecule has 1 aliphatic heterocycles. The second kappa shape index (κ2) is 9.56. The largest absolute Gasteiger partial charge is 0.364 e. The minimum atomic E-state index is -0.323.